The highest BCUT2D eigenvalue weighted by molar-refractivity contribution is 5.88. The molecule has 6 heteroatoms. The highest BCUT2D eigenvalue weighted by atomic mass is 16.5. The fourth-order valence-corrected chi connectivity index (χ4v) is 1.35. The number of nitrogen functional groups attached to an aromatic ring is 1. The first kappa shape index (κ1) is 14.2. The molecule has 0 amide bonds. The van der Waals surface area contributed by atoms with E-state index < -0.39 is 5.97 Å². The van der Waals surface area contributed by atoms with Gasteiger partial charge >= 0.3 is 5.97 Å². The maximum atomic E-state index is 11.3. The summed E-state index contributed by atoms with van der Waals surface area (Å²) in [6.45, 7) is 4.66. The summed E-state index contributed by atoms with van der Waals surface area (Å²) in [6, 6.07) is 3.19. The van der Waals surface area contributed by atoms with Gasteiger partial charge < -0.3 is 20.7 Å². The third-order valence-corrected chi connectivity index (χ3v) is 2.65. The average molecular weight is 252 g/mol. The van der Waals surface area contributed by atoms with Crippen LogP contribution in [0, 0.1) is 0 Å². The minimum absolute atomic E-state index is 0.248. The lowest BCUT2D eigenvalue weighted by Crippen LogP contribution is -2.25. The smallest absolute Gasteiger partial charge is 0.356 e. The topological polar surface area (TPSA) is 80.5 Å². The molecule has 0 bridgehead atoms. The Kier molecular flexibility index (Phi) is 5.38. The number of ether oxygens (including phenoxy) is 1. The van der Waals surface area contributed by atoms with Gasteiger partial charge in [-0.25, -0.2) is 9.78 Å². The minimum Gasteiger partial charge on any atom is -0.464 e. The molecule has 0 unspecified atom stereocenters. The van der Waals surface area contributed by atoms with Crippen molar-refractivity contribution >= 4 is 17.5 Å². The molecule has 6 nitrogen and oxygen atoms in total. The minimum atomic E-state index is -0.469. The van der Waals surface area contributed by atoms with Gasteiger partial charge in [0, 0.05) is 13.1 Å². The molecule has 0 radical (unpaired) electrons. The van der Waals surface area contributed by atoms with Crippen molar-refractivity contribution in [1.29, 1.82) is 0 Å². The first-order valence-electron chi connectivity index (χ1n) is 5.85. The highest BCUT2D eigenvalue weighted by Gasteiger charge is 2.10. The lowest BCUT2D eigenvalue weighted by atomic mass is 10.3. The number of nitrogens with two attached hydrogens (primary N) is 1. The van der Waals surface area contributed by atoms with E-state index in [-0.39, 0.29) is 5.69 Å². The number of hydrogen-bond donors (Lipinski definition) is 2. The van der Waals surface area contributed by atoms with E-state index in [0.717, 1.165) is 13.1 Å². The molecule has 1 heterocycles. The SMILES string of the molecule is CCN(C)CCNc1nc(C(=O)OC)ccc1N. The molecule has 18 heavy (non-hydrogen) atoms. The number of nitrogens with zero attached hydrogens (tertiary/aromatic N) is 2. The van der Waals surface area contributed by atoms with Crippen LogP contribution in [0.25, 0.3) is 0 Å². The Labute approximate surface area is 107 Å². The Hall–Kier alpha value is -1.82. The Balaban J connectivity index is 2.66. The van der Waals surface area contributed by atoms with Gasteiger partial charge in [0.2, 0.25) is 0 Å². The molecule has 0 aliphatic carbocycles. The van der Waals surface area contributed by atoms with Gasteiger partial charge in [-0.05, 0) is 25.7 Å². The maximum absolute atomic E-state index is 11.3. The van der Waals surface area contributed by atoms with E-state index in [9.17, 15) is 4.79 Å². The van der Waals surface area contributed by atoms with Crippen LogP contribution in [-0.2, 0) is 4.74 Å². The molecule has 3 N–H and O–H groups in total. The Bertz CT molecular complexity index is 409. The lowest BCUT2D eigenvalue weighted by Gasteiger charge is -2.15. The number of carbonyl (C=O) groups is 1. The second kappa shape index (κ2) is 6.80. The summed E-state index contributed by atoms with van der Waals surface area (Å²) in [5, 5.41) is 3.11. The summed E-state index contributed by atoms with van der Waals surface area (Å²) >= 11 is 0. The molecule has 0 saturated heterocycles. The van der Waals surface area contributed by atoms with Crippen molar-refractivity contribution in [2.75, 3.05) is 44.8 Å². The number of esters is 1. The van der Waals surface area contributed by atoms with Crippen molar-refractivity contribution in [3.05, 3.63) is 17.8 Å². The molecule has 0 saturated carbocycles. The quantitative estimate of drug-likeness (QED) is 0.729. The van der Waals surface area contributed by atoms with Crippen molar-refractivity contribution in [2.24, 2.45) is 0 Å². The van der Waals surface area contributed by atoms with Crippen LogP contribution >= 0.6 is 0 Å². The predicted molar refractivity (Wildman–Crippen MR) is 71.6 cm³/mol. The standard InChI is InChI=1S/C12H20N4O2/c1-4-16(2)8-7-14-11-9(13)5-6-10(15-11)12(17)18-3/h5-6H,4,7-8,13H2,1-3H3,(H,14,15). The van der Waals surface area contributed by atoms with Crippen LogP contribution in [-0.4, -0.2) is 49.6 Å². The van der Waals surface area contributed by atoms with E-state index in [1.807, 2.05) is 7.05 Å². The molecule has 1 aromatic rings. The summed E-state index contributed by atoms with van der Waals surface area (Å²) in [5.74, 6) is 0.0473. The first-order valence-corrected chi connectivity index (χ1v) is 5.85. The van der Waals surface area contributed by atoms with Crippen LogP contribution in [0.15, 0.2) is 12.1 Å². The van der Waals surface area contributed by atoms with Crippen LogP contribution < -0.4 is 11.1 Å². The summed E-state index contributed by atoms with van der Waals surface area (Å²) in [4.78, 5) is 17.6. The van der Waals surface area contributed by atoms with Gasteiger partial charge in [0.1, 0.15) is 5.82 Å². The summed E-state index contributed by atoms with van der Waals surface area (Å²) in [6.07, 6.45) is 0. The Morgan fingerprint density at radius 1 is 1.56 bits per heavy atom. The average Bonchev–Trinajstić information content (AvgIpc) is 2.39. The van der Waals surface area contributed by atoms with Gasteiger partial charge in [-0.2, -0.15) is 0 Å². The first-order chi connectivity index (χ1) is 8.58. The second-order valence-electron chi connectivity index (χ2n) is 3.95. The lowest BCUT2D eigenvalue weighted by molar-refractivity contribution is 0.0594. The maximum Gasteiger partial charge on any atom is 0.356 e. The van der Waals surface area contributed by atoms with E-state index in [2.05, 4.69) is 26.9 Å². The van der Waals surface area contributed by atoms with Gasteiger partial charge in [0.15, 0.2) is 5.69 Å². The van der Waals surface area contributed by atoms with Crippen molar-refractivity contribution < 1.29 is 9.53 Å². The van der Waals surface area contributed by atoms with Crippen molar-refractivity contribution in [3.8, 4) is 0 Å². The predicted octanol–water partition coefficient (Wildman–Crippen LogP) is 0.814. The molecule has 0 atom stereocenters. The third-order valence-electron chi connectivity index (χ3n) is 2.65. The number of pyridine rings is 1. The normalized spacial score (nSPS) is 10.4. The van der Waals surface area contributed by atoms with Crippen molar-refractivity contribution in [3.63, 3.8) is 0 Å². The van der Waals surface area contributed by atoms with Gasteiger partial charge in [0.05, 0.1) is 12.8 Å². The molecule has 0 fully saturated rings. The number of rotatable bonds is 6. The van der Waals surface area contributed by atoms with Gasteiger partial charge in [0.25, 0.3) is 0 Å². The molecule has 1 aromatic heterocycles. The summed E-state index contributed by atoms with van der Waals surface area (Å²) in [7, 11) is 3.35. The molecule has 1 rings (SSSR count). The second-order valence-corrected chi connectivity index (χ2v) is 3.95. The zero-order chi connectivity index (χ0) is 13.5. The summed E-state index contributed by atoms with van der Waals surface area (Å²) < 4.78 is 4.61. The zero-order valence-corrected chi connectivity index (χ0v) is 11.1. The molecular weight excluding hydrogens is 232 g/mol. The zero-order valence-electron chi connectivity index (χ0n) is 11.1. The van der Waals surface area contributed by atoms with E-state index in [1.54, 1.807) is 12.1 Å². The summed E-state index contributed by atoms with van der Waals surface area (Å²) in [5.41, 5.74) is 6.55. The number of anilines is 2. The monoisotopic (exact) mass is 252 g/mol. The Morgan fingerprint density at radius 2 is 2.28 bits per heavy atom. The number of nitrogens with one attached hydrogen (secondary N) is 1. The van der Waals surface area contributed by atoms with Crippen molar-refractivity contribution in [1.82, 2.24) is 9.88 Å². The Morgan fingerprint density at radius 3 is 2.89 bits per heavy atom. The van der Waals surface area contributed by atoms with Crippen molar-refractivity contribution in [2.45, 2.75) is 6.92 Å². The van der Waals surface area contributed by atoms with Crippen LogP contribution in [0.4, 0.5) is 11.5 Å². The molecule has 0 aliphatic heterocycles. The highest BCUT2D eigenvalue weighted by Crippen LogP contribution is 2.15. The van der Waals surface area contributed by atoms with E-state index in [4.69, 9.17) is 5.73 Å². The van der Waals surface area contributed by atoms with E-state index in [0.29, 0.717) is 18.1 Å². The van der Waals surface area contributed by atoms with Gasteiger partial charge in [-0.15, -0.1) is 0 Å². The molecular formula is C12H20N4O2. The number of carbonyl (C=O) groups excluding carboxylic acids is 1. The third kappa shape index (κ3) is 3.89. The fraction of sp³-hybridized carbons (Fsp3) is 0.500. The van der Waals surface area contributed by atoms with E-state index in [1.165, 1.54) is 7.11 Å². The molecule has 0 aliphatic rings. The van der Waals surface area contributed by atoms with Crippen LogP contribution in [0.3, 0.4) is 0 Å². The van der Waals surface area contributed by atoms with Gasteiger partial charge in [-0.3, -0.25) is 0 Å². The molecule has 0 spiro atoms. The van der Waals surface area contributed by atoms with Crippen LogP contribution in [0.1, 0.15) is 17.4 Å². The van der Waals surface area contributed by atoms with Crippen LogP contribution in [0.5, 0.6) is 0 Å². The number of hydrogen-bond acceptors (Lipinski definition) is 6. The van der Waals surface area contributed by atoms with E-state index >= 15 is 0 Å². The number of aromatic nitrogens is 1. The van der Waals surface area contributed by atoms with Crippen LogP contribution in [0.2, 0.25) is 0 Å². The van der Waals surface area contributed by atoms with Gasteiger partial charge in [-0.1, -0.05) is 6.92 Å². The number of likely N-dealkylation sites (N-methyl/N-ethyl adjacent to an activating group) is 1. The largest absolute Gasteiger partial charge is 0.464 e. The molecule has 100 valence electrons. The fourth-order valence-electron chi connectivity index (χ4n) is 1.35. The molecule has 0 aromatic carbocycles. The number of methoxy groups -OCH3 is 1.